The Kier molecular flexibility index (Phi) is 6.64. The molecule has 248 valence electrons. The third-order valence-corrected chi connectivity index (χ3v) is 11.9. The molecule has 6 heterocycles. The highest BCUT2D eigenvalue weighted by molar-refractivity contribution is 5.92. The van der Waals surface area contributed by atoms with Crippen molar-refractivity contribution in [2.75, 3.05) is 51.0 Å². The predicted molar refractivity (Wildman–Crippen MR) is 173 cm³/mol. The van der Waals surface area contributed by atoms with E-state index in [0.717, 1.165) is 73.7 Å². The molecule has 1 amide bonds. The number of aryl methyl sites for hydroxylation is 1. The van der Waals surface area contributed by atoms with E-state index in [1.54, 1.807) is 19.0 Å². The quantitative estimate of drug-likeness (QED) is 0.415. The van der Waals surface area contributed by atoms with Crippen molar-refractivity contribution in [1.29, 1.82) is 0 Å². The fourth-order valence-corrected chi connectivity index (χ4v) is 9.44. The molecule has 2 N–H and O–H groups in total. The number of rotatable bonds is 5. The van der Waals surface area contributed by atoms with Crippen molar-refractivity contribution in [2.24, 2.45) is 5.92 Å². The number of ether oxygens (including phenoxy) is 2. The highest BCUT2D eigenvalue weighted by atomic mass is 19.1. The van der Waals surface area contributed by atoms with Gasteiger partial charge in [-0.2, -0.15) is 15.1 Å². The molecule has 2 bridgehead atoms. The fraction of sp³-hybridized carbons (Fsp3) is 0.600. The SMILES string of the molecule is CN(C)C(=O)c1cc2n(n1)CCCN(c1nc(OC[C@@]34CCCN3C[C@H](F)C4)nc3c1CO[C@]1(C3)c3cc(N)ccc3C3CC1C3)C2. The molecule has 3 aromatic rings. The lowest BCUT2D eigenvalue weighted by Crippen LogP contribution is -2.52. The molecule has 12 heteroatoms. The highest BCUT2D eigenvalue weighted by Gasteiger charge is 2.57. The zero-order valence-electron chi connectivity index (χ0n) is 27.3. The van der Waals surface area contributed by atoms with Crippen LogP contribution < -0.4 is 15.4 Å². The van der Waals surface area contributed by atoms with Gasteiger partial charge < -0.3 is 25.0 Å². The van der Waals surface area contributed by atoms with Gasteiger partial charge in [-0.1, -0.05) is 6.07 Å². The van der Waals surface area contributed by atoms with E-state index in [1.807, 2.05) is 16.8 Å². The van der Waals surface area contributed by atoms with E-state index in [9.17, 15) is 9.18 Å². The van der Waals surface area contributed by atoms with Crippen molar-refractivity contribution < 1.29 is 18.7 Å². The van der Waals surface area contributed by atoms with Gasteiger partial charge in [-0.25, -0.2) is 4.39 Å². The van der Waals surface area contributed by atoms with Gasteiger partial charge in [0.1, 0.15) is 24.2 Å². The summed E-state index contributed by atoms with van der Waals surface area (Å²) in [6.45, 7) is 4.18. The second-order valence-corrected chi connectivity index (χ2v) is 14.9. The van der Waals surface area contributed by atoms with Crippen LogP contribution in [0.15, 0.2) is 24.3 Å². The molecule has 1 saturated carbocycles. The van der Waals surface area contributed by atoms with Crippen LogP contribution in [0.2, 0.25) is 0 Å². The first-order valence-corrected chi connectivity index (χ1v) is 17.2. The number of hydrogen-bond acceptors (Lipinski definition) is 9. The van der Waals surface area contributed by atoms with E-state index in [4.69, 9.17) is 25.2 Å². The van der Waals surface area contributed by atoms with E-state index in [2.05, 4.69) is 27.0 Å². The summed E-state index contributed by atoms with van der Waals surface area (Å²) in [5.41, 5.74) is 12.2. The van der Waals surface area contributed by atoms with E-state index >= 15 is 0 Å². The van der Waals surface area contributed by atoms with Crippen LogP contribution in [0.5, 0.6) is 6.01 Å². The monoisotopic (exact) mass is 642 g/mol. The number of carbonyl (C=O) groups excluding carboxylic acids is 1. The lowest BCUT2D eigenvalue weighted by Gasteiger charge is -2.56. The summed E-state index contributed by atoms with van der Waals surface area (Å²) >= 11 is 0. The molecule has 1 aromatic carbocycles. The number of anilines is 2. The van der Waals surface area contributed by atoms with Crippen LogP contribution in [-0.4, -0.2) is 87.5 Å². The smallest absolute Gasteiger partial charge is 0.318 e. The summed E-state index contributed by atoms with van der Waals surface area (Å²) in [6, 6.07) is 8.55. The molecule has 10 rings (SSSR count). The number of halogens is 1. The fourth-order valence-electron chi connectivity index (χ4n) is 9.44. The average Bonchev–Trinajstić information content (AvgIpc) is 3.65. The number of amides is 1. The van der Waals surface area contributed by atoms with Gasteiger partial charge in [0.2, 0.25) is 0 Å². The number of benzene rings is 1. The van der Waals surface area contributed by atoms with Gasteiger partial charge in [0.15, 0.2) is 5.69 Å². The molecule has 3 atom stereocenters. The van der Waals surface area contributed by atoms with Crippen molar-refractivity contribution in [3.8, 4) is 6.01 Å². The molecular weight excluding hydrogens is 599 g/mol. The van der Waals surface area contributed by atoms with Gasteiger partial charge in [-0.3, -0.25) is 14.4 Å². The number of carbonyl (C=O) groups is 1. The van der Waals surface area contributed by atoms with Crippen molar-refractivity contribution in [3.63, 3.8) is 0 Å². The summed E-state index contributed by atoms with van der Waals surface area (Å²) in [5.74, 6) is 1.67. The van der Waals surface area contributed by atoms with E-state index in [0.29, 0.717) is 69.2 Å². The minimum absolute atomic E-state index is 0.111. The molecule has 4 aliphatic heterocycles. The number of nitrogens with two attached hydrogens (primary N) is 1. The molecule has 3 aliphatic carbocycles. The van der Waals surface area contributed by atoms with Gasteiger partial charge in [0.05, 0.1) is 30.1 Å². The van der Waals surface area contributed by atoms with Crippen molar-refractivity contribution >= 4 is 17.4 Å². The van der Waals surface area contributed by atoms with Crippen LogP contribution in [0.25, 0.3) is 0 Å². The van der Waals surface area contributed by atoms with Gasteiger partial charge in [-0.15, -0.1) is 0 Å². The molecule has 0 radical (unpaired) electrons. The van der Waals surface area contributed by atoms with Crippen LogP contribution in [0.1, 0.15) is 83.0 Å². The maximum atomic E-state index is 14.6. The average molecular weight is 643 g/mol. The first-order valence-electron chi connectivity index (χ1n) is 17.2. The summed E-state index contributed by atoms with van der Waals surface area (Å²) in [5, 5.41) is 4.64. The topological polar surface area (TPSA) is 115 Å². The second kappa shape index (κ2) is 10.6. The zero-order valence-corrected chi connectivity index (χ0v) is 27.3. The molecule has 0 unspecified atom stereocenters. The number of aromatic nitrogens is 4. The third kappa shape index (κ3) is 4.57. The minimum atomic E-state index is -0.827. The molecule has 1 spiro atoms. The Balaban J connectivity index is 1.09. The van der Waals surface area contributed by atoms with Crippen LogP contribution in [0, 0.1) is 5.92 Å². The number of hydrogen-bond donors (Lipinski definition) is 1. The lowest BCUT2D eigenvalue weighted by molar-refractivity contribution is -0.150. The van der Waals surface area contributed by atoms with Crippen LogP contribution in [0.4, 0.5) is 15.9 Å². The summed E-state index contributed by atoms with van der Waals surface area (Å²) < 4.78 is 30.1. The predicted octanol–water partition coefficient (Wildman–Crippen LogP) is 3.80. The minimum Gasteiger partial charge on any atom is -0.461 e. The Morgan fingerprint density at radius 3 is 2.89 bits per heavy atom. The van der Waals surface area contributed by atoms with Crippen molar-refractivity contribution in [1.82, 2.24) is 29.5 Å². The van der Waals surface area contributed by atoms with E-state index < -0.39 is 11.8 Å². The van der Waals surface area contributed by atoms with Crippen molar-refractivity contribution in [3.05, 3.63) is 58.0 Å². The molecule has 7 aliphatic rings. The number of fused-ring (bicyclic) bond motifs is 3. The standard InChI is InChI=1S/C35H43FN8O3/c1-41(2)32(45)29-14-25-18-42(8-4-10-44(25)40-29)31-27-19-47-35(22-11-21(12-22)26-6-5-24(37)13-28(26)35)16-30(27)38-33(39-31)46-20-34-7-3-9-43(34)17-23(36)15-34/h5-6,13-14,21-23H,3-4,7-12,15-20,37H2,1-2H3/t21?,22?,23-,34+,35+/m1/s1. The summed E-state index contributed by atoms with van der Waals surface area (Å²) in [6.07, 6.45) is 5.33. The maximum Gasteiger partial charge on any atom is 0.318 e. The van der Waals surface area contributed by atoms with Crippen LogP contribution in [0.3, 0.4) is 0 Å². The molecular formula is C35H43FN8O3. The Morgan fingerprint density at radius 2 is 2.04 bits per heavy atom. The van der Waals surface area contributed by atoms with Gasteiger partial charge in [0.25, 0.3) is 5.91 Å². The normalized spacial score (nSPS) is 30.6. The van der Waals surface area contributed by atoms with Gasteiger partial charge >= 0.3 is 6.01 Å². The summed E-state index contributed by atoms with van der Waals surface area (Å²) in [4.78, 5) is 29.0. The number of alkyl halides is 1. The first-order chi connectivity index (χ1) is 22.7. The largest absolute Gasteiger partial charge is 0.461 e. The molecule has 2 aromatic heterocycles. The molecule has 3 fully saturated rings. The van der Waals surface area contributed by atoms with E-state index in [-0.39, 0.29) is 11.4 Å². The number of nitrogen functional groups attached to an aromatic ring is 1. The van der Waals surface area contributed by atoms with Gasteiger partial charge in [-0.05, 0) is 79.8 Å². The van der Waals surface area contributed by atoms with Gasteiger partial charge in [0, 0.05) is 57.8 Å². The summed E-state index contributed by atoms with van der Waals surface area (Å²) in [7, 11) is 3.49. The third-order valence-electron chi connectivity index (χ3n) is 11.9. The van der Waals surface area contributed by atoms with E-state index in [1.165, 1.54) is 11.1 Å². The Bertz CT molecular complexity index is 1760. The Morgan fingerprint density at radius 1 is 1.17 bits per heavy atom. The Hall–Kier alpha value is -3.77. The molecule has 2 saturated heterocycles. The highest BCUT2D eigenvalue weighted by Crippen LogP contribution is 2.62. The zero-order chi connectivity index (χ0) is 32.1. The first kappa shape index (κ1) is 29.4. The van der Waals surface area contributed by atoms with Crippen LogP contribution >= 0.6 is 0 Å². The maximum absolute atomic E-state index is 14.6. The number of nitrogens with zero attached hydrogens (tertiary/aromatic N) is 7. The van der Waals surface area contributed by atoms with Crippen LogP contribution in [-0.2, 0) is 36.5 Å². The lowest BCUT2D eigenvalue weighted by atomic mass is 9.53. The van der Waals surface area contributed by atoms with Crippen molar-refractivity contribution in [2.45, 2.75) is 87.9 Å². The Labute approximate surface area is 274 Å². The second-order valence-electron chi connectivity index (χ2n) is 14.9. The molecule has 47 heavy (non-hydrogen) atoms. The molecule has 11 nitrogen and oxygen atoms in total.